The highest BCUT2D eigenvalue weighted by molar-refractivity contribution is 6.05. The van der Waals surface area contributed by atoms with Crippen molar-refractivity contribution in [3.63, 3.8) is 0 Å². The molecule has 36 heavy (non-hydrogen) atoms. The van der Waals surface area contributed by atoms with Crippen molar-refractivity contribution in [2.45, 2.75) is 18.4 Å². The molecular weight excluding hydrogens is 476 g/mol. The molecule has 0 fully saturated rings. The molecule has 11 nitrogen and oxygen atoms in total. The Morgan fingerprint density at radius 2 is 1.44 bits per heavy atom. The van der Waals surface area contributed by atoms with Gasteiger partial charge in [-0.05, 0) is 30.7 Å². The summed E-state index contributed by atoms with van der Waals surface area (Å²) in [6.45, 7) is 0.677. The first-order valence-electron chi connectivity index (χ1n) is 10.3. The zero-order valence-corrected chi connectivity index (χ0v) is 18.5. The minimum atomic E-state index is -2.96. The van der Waals surface area contributed by atoms with E-state index in [9.17, 15) is 44.7 Å². The Hall–Kier alpha value is -5.06. The number of ether oxygens (including phenoxy) is 2. The predicted octanol–water partition coefficient (Wildman–Crippen LogP) is 3.17. The van der Waals surface area contributed by atoms with Crippen LogP contribution in [-0.2, 0) is 14.3 Å². The number of carboxylic acids is 3. The fourth-order valence-electron chi connectivity index (χ4n) is 3.97. The van der Waals surface area contributed by atoms with E-state index < -0.39 is 46.7 Å². The molecule has 0 aliphatic carbocycles. The van der Waals surface area contributed by atoms with Crippen LogP contribution in [0.5, 0.6) is 23.0 Å². The summed E-state index contributed by atoms with van der Waals surface area (Å²) < 4.78 is 10.7. The fraction of sp³-hybridized carbons (Fsp3) is 0.120. The monoisotopic (exact) mass is 494 g/mol. The molecular formula is C25H18O11. The van der Waals surface area contributed by atoms with E-state index in [1.807, 2.05) is 0 Å². The molecule has 5 N–H and O–H groups in total. The largest absolute Gasteiger partial charge is 0.508 e. The number of benzene rings is 3. The Kier molecular flexibility index (Phi) is 5.76. The van der Waals surface area contributed by atoms with Gasteiger partial charge in [0.1, 0.15) is 23.0 Å². The maximum Gasteiger partial charge on any atom is 0.359 e. The minimum Gasteiger partial charge on any atom is -0.508 e. The second kappa shape index (κ2) is 8.62. The van der Waals surface area contributed by atoms with Crippen LogP contribution in [0.25, 0.3) is 0 Å². The highest BCUT2D eigenvalue weighted by Crippen LogP contribution is 2.51. The Balaban J connectivity index is 2.00. The Bertz CT molecular complexity index is 1430. The number of aliphatic carboxylic acids is 2. The molecule has 1 aliphatic heterocycles. The molecule has 3 aromatic rings. The second-order valence-corrected chi connectivity index (χ2v) is 8.09. The molecule has 11 heteroatoms. The van der Waals surface area contributed by atoms with Crippen molar-refractivity contribution in [3.05, 3.63) is 82.4 Å². The van der Waals surface area contributed by atoms with Crippen LogP contribution in [-0.4, -0.2) is 55.0 Å². The van der Waals surface area contributed by atoms with Gasteiger partial charge in [-0.1, -0.05) is 24.3 Å². The number of aromatic hydroxyl groups is 2. The minimum absolute atomic E-state index is 0.00261. The third kappa shape index (κ3) is 3.92. The van der Waals surface area contributed by atoms with Crippen LogP contribution in [0.15, 0.2) is 54.6 Å². The van der Waals surface area contributed by atoms with E-state index in [0.717, 1.165) is 12.1 Å². The number of esters is 1. The second-order valence-electron chi connectivity index (χ2n) is 8.09. The highest BCUT2D eigenvalue weighted by Gasteiger charge is 2.47. The average Bonchev–Trinajstić information content (AvgIpc) is 2.81. The standard InChI is InChI=1S/C25H18O11/c1-25(23(31)32,24(33)34)36-22(30)16-8-12(27)10-18-20(16)19(13-4-2-3-5-14(13)21(28)29)15-7-6-11(26)9-17(15)35-18/h2-10,19,26-27H,1H3,(H,28,29)(H,31,32)(H,33,34). The van der Waals surface area contributed by atoms with E-state index in [-0.39, 0.29) is 33.9 Å². The fourth-order valence-corrected chi connectivity index (χ4v) is 3.97. The van der Waals surface area contributed by atoms with Crippen LogP contribution < -0.4 is 4.74 Å². The lowest BCUT2D eigenvalue weighted by Crippen LogP contribution is -2.47. The summed E-state index contributed by atoms with van der Waals surface area (Å²) in [4.78, 5) is 48.3. The quantitative estimate of drug-likeness (QED) is 0.196. The molecule has 0 bridgehead atoms. The molecule has 3 aromatic carbocycles. The smallest absolute Gasteiger partial charge is 0.359 e. The molecule has 1 heterocycles. The van der Waals surface area contributed by atoms with E-state index in [4.69, 9.17) is 9.47 Å². The van der Waals surface area contributed by atoms with Crippen molar-refractivity contribution < 1.29 is 54.2 Å². The summed E-state index contributed by atoms with van der Waals surface area (Å²) in [5.41, 5.74) is -2.97. The maximum atomic E-state index is 13.2. The molecule has 184 valence electrons. The number of phenols is 2. The summed E-state index contributed by atoms with van der Waals surface area (Å²) in [5, 5.41) is 48.7. The van der Waals surface area contributed by atoms with Gasteiger partial charge in [0, 0.05) is 29.2 Å². The number of rotatable bonds is 6. The van der Waals surface area contributed by atoms with Crippen molar-refractivity contribution in [2.24, 2.45) is 0 Å². The molecule has 1 atom stereocenters. The predicted molar refractivity (Wildman–Crippen MR) is 120 cm³/mol. The zero-order chi connectivity index (χ0) is 26.4. The van der Waals surface area contributed by atoms with Crippen molar-refractivity contribution in [1.82, 2.24) is 0 Å². The van der Waals surface area contributed by atoms with Crippen LogP contribution in [0.2, 0.25) is 0 Å². The summed E-state index contributed by atoms with van der Waals surface area (Å²) in [5.74, 6) is -8.26. The number of hydrogen-bond acceptors (Lipinski definition) is 8. The average molecular weight is 494 g/mol. The van der Waals surface area contributed by atoms with Crippen LogP contribution in [0.1, 0.15) is 50.2 Å². The number of carbonyl (C=O) groups is 4. The molecule has 0 saturated heterocycles. The molecule has 4 rings (SSSR count). The summed E-state index contributed by atoms with van der Waals surface area (Å²) in [6, 6.07) is 12.1. The Morgan fingerprint density at radius 3 is 2.08 bits per heavy atom. The van der Waals surface area contributed by atoms with E-state index in [2.05, 4.69) is 0 Å². The van der Waals surface area contributed by atoms with Crippen molar-refractivity contribution in [1.29, 1.82) is 0 Å². The summed E-state index contributed by atoms with van der Waals surface area (Å²) >= 11 is 0. The lowest BCUT2D eigenvalue weighted by atomic mass is 9.78. The van der Waals surface area contributed by atoms with Gasteiger partial charge in [0.2, 0.25) is 0 Å². The number of carbonyl (C=O) groups excluding carboxylic acids is 1. The first-order valence-corrected chi connectivity index (χ1v) is 10.3. The van der Waals surface area contributed by atoms with Gasteiger partial charge >= 0.3 is 29.5 Å². The SMILES string of the molecule is CC(OC(=O)c1cc(O)cc2c1C(c1ccccc1C(=O)O)c1ccc(O)cc1O2)(C(=O)O)C(=O)O. The molecule has 1 aliphatic rings. The first-order chi connectivity index (χ1) is 16.9. The van der Waals surface area contributed by atoms with Crippen molar-refractivity contribution in [2.75, 3.05) is 0 Å². The molecule has 0 saturated carbocycles. The molecule has 0 amide bonds. The molecule has 0 aromatic heterocycles. The topological polar surface area (TPSA) is 188 Å². The van der Waals surface area contributed by atoms with Crippen LogP contribution in [0, 0.1) is 0 Å². The number of aromatic carboxylic acids is 1. The molecule has 1 unspecified atom stereocenters. The lowest BCUT2D eigenvalue weighted by molar-refractivity contribution is -0.174. The van der Waals surface area contributed by atoms with Crippen LogP contribution >= 0.6 is 0 Å². The van der Waals surface area contributed by atoms with Gasteiger partial charge in [-0.15, -0.1) is 0 Å². The van der Waals surface area contributed by atoms with E-state index in [1.54, 1.807) is 6.07 Å². The maximum absolute atomic E-state index is 13.2. The van der Waals surface area contributed by atoms with Crippen molar-refractivity contribution in [3.8, 4) is 23.0 Å². The molecule has 0 radical (unpaired) electrons. The lowest BCUT2D eigenvalue weighted by Gasteiger charge is -2.31. The normalized spacial score (nSPS) is 14.1. The third-order valence-corrected chi connectivity index (χ3v) is 5.78. The molecule has 0 spiro atoms. The number of phenolic OH excluding ortho intramolecular Hbond substituents is 2. The number of fused-ring (bicyclic) bond motifs is 2. The Labute approximate surface area is 202 Å². The van der Waals surface area contributed by atoms with E-state index in [0.29, 0.717) is 12.5 Å². The van der Waals surface area contributed by atoms with Gasteiger partial charge < -0.3 is 35.0 Å². The van der Waals surface area contributed by atoms with Crippen molar-refractivity contribution >= 4 is 23.9 Å². The van der Waals surface area contributed by atoms with Crippen LogP contribution in [0.3, 0.4) is 0 Å². The third-order valence-electron chi connectivity index (χ3n) is 5.78. The van der Waals surface area contributed by atoms with Gasteiger partial charge in [0.25, 0.3) is 0 Å². The van der Waals surface area contributed by atoms with Crippen LogP contribution in [0.4, 0.5) is 0 Å². The highest BCUT2D eigenvalue weighted by atomic mass is 16.6. The first kappa shape index (κ1) is 24.1. The number of carboxylic acid groups (broad SMARTS) is 3. The van der Waals surface area contributed by atoms with E-state index >= 15 is 0 Å². The van der Waals surface area contributed by atoms with Gasteiger partial charge in [0.15, 0.2) is 0 Å². The summed E-state index contributed by atoms with van der Waals surface area (Å²) in [6.07, 6.45) is 0. The van der Waals surface area contributed by atoms with Gasteiger partial charge in [-0.2, -0.15) is 0 Å². The van der Waals surface area contributed by atoms with Gasteiger partial charge in [-0.25, -0.2) is 19.2 Å². The van der Waals surface area contributed by atoms with Gasteiger partial charge in [0.05, 0.1) is 11.1 Å². The number of hydrogen-bond donors (Lipinski definition) is 5. The zero-order valence-electron chi connectivity index (χ0n) is 18.5. The van der Waals surface area contributed by atoms with Gasteiger partial charge in [-0.3, -0.25) is 0 Å². The van der Waals surface area contributed by atoms with E-state index in [1.165, 1.54) is 36.4 Å². The Morgan fingerprint density at radius 1 is 0.806 bits per heavy atom. The summed E-state index contributed by atoms with van der Waals surface area (Å²) in [7, 11) is 0.